The van der Waals surface area contributed by atoms with Crippen molar-refractivity contribution < 1.29 is 24.2 Å². The fourth-order valence-corrected chi connectivity index (χ4v) is 3.57. The van der Waals surface area contributed by atoms with Crippen LogP contribution in [-0.4, -0.2) is 44.8 Å². The number of methoxy groups -OCH3 is 1. The standard InChI is InChI=1S/C15H12IN5O5/c1-26-14(25)9-4-2-8(3-5-9)7-17-12(22)10-6-11(13(23)24)21-15(18-10)19-20-16-21/h2-6H,7H2,1H3,(H,17,22)(H,23,24). The second-order valence-electron chi connectivity index (χ2n) is 5.03. The minimum Gasteiger partial charge on any atom is -0.477 e. The molecule has 3 rings (SSSR count). The number of guanidine groups is 1. The predicted molar refractivity (Wildman–Crippen MR) is 98.5 cm³/mol. The first-order valence-corrected chi connectivity index (χ1v) is 9.14. The number of hydrogen-bond acceptors (Lipinski definition) is 8. The van der Waals surface area contributed by atoms with Crippen molar-refractivity contribution in [3.8, 4) is 0 Å². The van der Waals surface area contributed by atoms with E-state index < -0.39 is 39.2 Å². The van der Waals surface area contributed by atoms with Gasteiger partial charge in [-0.25, -0.2) is 17.7 Å². The Morgan fingerprint density at radius 1 is 1.27 bits per heavy atom. The summed E-state index contributed by atoms with van der Waals surface area (Å²) in [5.41, 5.74) is 1.04. The highest BCUT2D eigenvalue weighted by Crippen LogP contribution is 2.28. The van der Waals surface area contributed by atoms with Gasteiger partial charge in [-0.3, -0.25) is 4.79 Å². The molecule has 2 aliphatic heterocycles. The summed E-state index contributed by atoms with van der Waals surface area (Å²) in [4.78, 5) is 39.1. The molecule has 134 valence electrons. The zero-order valence-electron chi connectivity index (χ0n) is 13.3. The average Bonchev–Trinajstić information content (AvgIpc) is 3.13. The molecule has 2 heterocycles. The van der Waals surface area contributed by atoms with E-state index in [1.807, 2.05) is 0 Å². The molecule has 2 aliphatic rings. The van der Waals surface area contributed by atoms with Gasteiger partial charge in [0, 0.05) is 12.6 Å². The molecule has 1 amide bonds. The molecule has 10 nitrogen and oxygen atoms in total. The first-order valence-electron chi connectivity index (χ1n) is 7.21. The van der Waals surface area contributed by atoms with Gasteiger partial charge < -0.3 is 15.2 Å². The van der Waals surface area contributed by atoms with Crippen LogP contribution >= 0.6 is 21.3 Å². The molecule has 0 spiro atoms. The lowest BCUT2D eigenvalue weighted by atomic mass is 10.1. The molecule has 0 saturated heterocycles. The number of aliphatic carboxylic acids is 1. The van der Waals surface area contributed by atoms with Crippen LogP contribution in [0.4, 0.5) is 0 Å². The summed E-state index contributed by atoms with van der Waals surface area (Å²) in [7, 11) is 1.30. The van der Waals surface area contributed by atoms with E-state index in [-0.39, 0.29) is 23.9 Å². The first kappa shape index (κ1) is 17.8. The number of carbonyl (C=O) groups excluding carboxylic acids is 2. The predicted octanol–water partition coefficient (Wildman–Crippen LogP) is 1.17. The lowest BCUT2D eigenvalue weighted by Crippen LogP contribution is -2.36. The van der Waals surface area contributed by atoms with Gasteiger partial charge in [-0.1, -0.05) is 12.1 Å². The van der Waals surface area contributed by atoms with Gasteiger partial charge in [-0.05, 0) is 17.7 Å². The van der Waals surface area contributed by atoms with Gasteiger partial charge in [0.15, 0.2) is 21.3 Å². The van der Waals surface area contributed by atoms with E-state index in [1.165, 1.54) is 16.3 Å². The molecule has 0 unspecified atom stereocenters. The van der Waals surface area contributed by atoms with Crippen LogP contribution in [-0.2, 0) is 20.9 Å². The SMILES string of the molecule is COC(=O)c1ccc(CNC(=O)C2=NC3=NN=IN3C(C(=O)O)=C2)cc1. The molecule has 0 saturated carbocycles. The van der Waals surface area contributed by atoms with Gasteiger partial charge in [-0.2, -0.15) is 0 Å². The number of rotatable bonds is 5. The summed E-state index contributed by atoms with van der Waals surface area (Å²) in [6, 6.07) is 6.54. The molecule has 26 heavy (non-hydrogen) atoms. The number of ether oxygens (including phenoxy) is 1. The number of nitrogens with one attached hydrogen (secondary N) is 1. The fourth-order valence-electron chi connectivity index (χ4n) is 2.11. The van der Waals surface area contributed by atoms with Crippen LogP contribution < -0.4 is 5.32 Å². The molecule has 11 heteroatoms. The maximum atomic E-state index is 12.3. The van der Waals surface area contributed by atoms with Crippen LogP contribution in [0.25, 0.3) is 0 Å². The highest BCUT2D eigenvalue weighted by molar-refractivity contribution is 14.1. The summed E-state index contributed by atoms with van der Waals surface area (Å²) in [5.74, 6) is -2.04. The number of aliphatic imine (C=N–C) groups is 1. The molecule has 1 aromatic rings. The molecule has 0 aromatic heterocycles. The average molecular weight is 469 g/mol. The lowest BCUT2D eigenvalue weighted by molar-refractivity contribution is -0.133. The Kier molecular flexibility index (Phi) is 5.16. The van der Waals surface area contributed by atoms with Crippen molar-refractivity contribution in [2.45, 2.75) is 6.54 Å². The number of halogens is 1. The highest BCUT2D eigenvalue weighted by Gasteiger charge is 2.30. The van der Waals surface area contributed by atoms with Crippen molar-refractivity contribution in [3.63, 3.8) is 0 Å². The normalized spacial score (nSPS) is 15.1. The Morgan fingerprint density at radius 2 is 2.00 bits per heavy atom. The molecule has 0 atom stereocenters. The molecule has 1 aromatic carbocycles. The van der Waals surface area contributed by atoms with Crippen LogP contribution in [0.3, 0.4) is 0 Å². The molecule has 0 aliphatic carbocycles. The maximum absolute atomic E-state index is 12.3. The van der Waals surface area contributed by atoms with Crippen LogP contribution in [0, 0.1) is 0 Å². The monoisotopic (exact) mass is 469 g/mol. The zero-order chi connectivity index (χ0) is 18.7. The maximum Gasteiger partial charge on any atom is 0.353 e. The van der Waals surface area contributed by atoms with E-state index in [0.29, 0.717) is 5.56 Å². The van der Waals surface area contributed by atoms with Crippen molar-refractivity contribution in [1.82, 2.24) is 8.43 Å². The van der Waals surface area contributed by atoms with E-state index in [1.54, 1.807) is 24.3 Å². The lowest BCUT2D eigenvalue weighted by Gasteiger charge is -2.18. The van der Waals surface area contributed by atoms with Crippen molar-refractivity contribution in [3.05, 3.63) is 47.2 Å². The van der Waals surface area contributed by atoms with Crippen LogP contribution in [0.15, 0.2) is 49.4 Å². The van der Waals surface area contributed by atoms with Crippen molar-refractivity contribution in [2.75, 3.05) is 7.11 Å². The smallest absolute Gasteiger partial charge is 0.353 e. The fraction of sp³-hybridized carbons (Fsp3) is 0.133. The number of amides is 1. The molecule has 0 bridgehead atoms. The minimum atomic E-state index is -1.17. The number of carbonyl (C=O) groups is 3. The topological polar surface area (TPSA) is 133 Å². The highest BCUT2D eigenvalue weighted by atomic mass is 127. The number of fused-ring (bicyclic) bond motifs is 1. The number of esters is 1. The Morgan fingerprint density at radius 3 is 2.65 bits per heavy atom. The molecule has 0 fully saturated rings. The van der Waals surface area contributed by atoms with E-state index in [4.69, 9.17) is 0 Å². The largest absolute Gasteiger partial charge is 0.477 e. The second-order valence-corrected chi connectivity index (χ2v) is 6.86. The van der Waals surface area contributed by atoms with Gasteiger partial charge in [0.25, 0.3) is 11.9 Å². The van der Waals surface area contributed by atoms with E-state index >= 15 is 0 Å². The van der Waals surface area contributed by atoms with E-state index in [0.717, 1.165) is 5.56 Å². The third-order valence-corrected chi connectivity index (χ3v) is 5.19. The first-order chi connectivity index (χ1) is 12.5. The third kappa shape index (κ3) is 3.66. The Bertz CT molecular complexity index is 904. The second kappa shape index (κ2) is 7.51. The number of benzene rings is 1. The summed E-state index contributed by atoms with van der Waals surface area (Å²) in [6.07, 6.45) is 1.21. The Labute approximate surface area is 157 Å². The van der Waals surface area contributed by atoms with Gasteiger partial charge in [0.1, 0.15) is 11.4 Å². The van der Waals surface area contributed by atoms with Gasteiger partial charge in [0.2, 0.25) is 0 Å². The molecular weight excluding hydrogens is 457 g/mol. The van der Waals surface area contributed by atoms with Gasteiger partial charge >= 0.3 is 11.9 Å². The molecular formula is C15H12IN5O5. The van der Waals surface area contributed by atoms with E-state index in [2.05, 4.69) is 23.4 Å². The summed E-state index contributed by atoms with van der Waals surface area (Å²) in [6.45, 7) is 0.184. The van der Waals surface area contributed by atoms with Crippen molar-refractivity contribution in [1.29, 1.82) is 0 Å². The van der Waals surface area contributed by atoms with Crippen LogP contribution in [0.5, 0.6) is 0 Å². The summed E-state index contributed by atoms with van der Waals surface area (Å²) in [5, 5.41) is 15.7. The van der Waals surface area contributed by atoms with E-state index in [9.17, 15) is 19.5 Å². The Balaban J connectivity index is 1.68. The summed E-state index contributed by atoms with van der Waals surface area (Å²) >= 11 is -0.959. The Hall–Kier alpha value is -2.96. The number of carboxylic acids is 1. The van der Waals surface area contributed by atoms with Crippen molar-refractivity contribution >= 4 is 50.8 Å². The number of nitrogens with zero attached hydrogens (tertiary/aromatic N) is 4. The molecule has 2 N–H and O–H groups in total. The van der Waals surface area contributed by atoms with Crippen molar-refractivity contribution in [2.24, 2.45) is 13.3 Å². The zero-order valence-corrected chi connectivity index (χ0v) is 15.5. The third-order valence-electron chi connectivity index (χ3n) is 3.40. The van der Waals surface area contributed by atoms with Gasteiger partial charge in [-0.15, -0.1) is 8.36 Å². The van der Waals surface area contributed by atoms with Crippen LogP contribution in [0.2, 0.25) is 0 Å². The number of carboxylic acid groups (broad SMARTS) is 1. The van der Waals surface area contributed by atoms with Gasteiger partial charge in [0.05, 0.1) is 12.7 Å². The number of hydrogen-bond donors (Lipinski definition) is 2. The molecule has 0 radical (unpaired) electrons. The minimum absolute atomic E-state index is 0.0512. The quantitative estimate of drug-likeness (QED) is 0.378. The van der Waals surface area contributed by atoms with Crippen LogP contribution in [0.1, 0.15) is 15.9 Å². The summed E-state index contributed by atoms with van der Waals surface area (Å²) < 4.78 is 9.84.